The largest absolute Gasteiger partial charge is 0.396 e. The maximum atomic E-state index is 8.47. The maximum Gasteiger partial charge on any atom is 0.169 e. The van der Waals surface area contributed by atoms with E-state index in [0.29, 0.717) is 12.8 Å². The Labute approximate surface area is 58.6 Å². The molecule has 56 valence electrons. The number of hydrogen-bond donors (Lipinski definition) is 2. The second kappa shape index (κ2) is 2.85. The molecule has 0 aromatic carbocycles. The Balaban J connectivity index is 2.38. The maximum absolute atomic E-state index is 8.47. The van der Waals surface area contributed by atoms with Crippen molar-refractivity contribution >= 4 is 6.21 Å². The zero-order valence-electron chi connectivity index (χ0n) is 5.56. The summed E-state index contributed by atoms with van der Waals surface area (Å²) >= 11 is 0. The van der Waals surface area contributed by atoms with E-state index < -0.39 is 5.66 Å². The van der Waals surface area contributed by atoms with Gasteiger partial charge in [0.2, 0.25) is 0 Å². The summed E-state index contributed by atoms with van der Waals surface area (Å²) in [6.07, 6.45) is 2.71. The van der Waals surface area contributed by atoms with E-state index in [2.05, 4.69) is 15.4 Å². The van der Waals surface area contributed by atoms with E-state index in [-0.39, 0.29) is 6.61 Å². The molecule has 0 radical (unpaired) electrons. The standard InChI is InChI=1S/C5H10N4O/c6-5(2-1-3-10)4-7-9-8-5/h4,10H,1-3,6H2. The molecular weight excluding hydrogens is 132 g/mol. The topological polar surface area (TPSA) is 83.3 Å². The molecule has 0 aliphatic carbocycles. The monoisotopic (exact) mass is 142 g/mol. The van der Waals surface area contributed by atoms with Gasteiger partial charge in [0.05, 0.1) is 6.21 Å². The fourth-order valence-electron chi connectivity index (χ4n) is 0.737. The second-order valence-electron chi connectivity index (χ2n) is 2.25. The summed E-state index contributed by atoms with van der Waals surface area (Å²) in [5.41, 5.74) is 4.88. The highest BCUT2D eigenvalue weighted by molar-refractivity contribution is 5.70. The predicted molar refractivity (Wildman–Crippen MR) is 36.6 cm³/mol. The van der Waals surface area contributed by atoms with Crippen molar-refractivity contribution in [2.45, 2.75) is 18.5 Å². The van der Waals surface area contributed by atoms with Crippen LogP contribution in [0.4, 0.5) is 0 Å². The molecule has 1 heterocycles. The minimum Gasteiger partial charge on any atom is -0.396 e. The SMILES string of the molecule is NC1(CCCO)C=NN=N1. The lowest BCUT2D eigenvalue weighted by atomic mass is 10.1. The minimum absolute atomic E-state index is 0.127. The molecule has 0 spiro atoms. The summed E-state index contributed by atoms with van der Waals surface area (Å²) in [6, 6.07) is 0. The first kappa shape index (κ1) is 7.30. The van der Waals surface area contributed by atoms with Crippen molar-refractivity contribution in [1.82, 2.24) is 0 Å². The third kappa shape index (κ3) is 1.58. The summed E-state index contributed by atoms with van der Waals surface area (Å²) < 4.78 is 0. The van der Waals surface area contributed by atoms with Gasteiger partial charge in [-0.2, -0.15) is 0 Å². The third-order valence-corrected chi connectivity index (χ3v) is 1.30. The first-order valence-corrected chi connectivity index (χ1v) is 3.13. The summed E-state index contributed by atoms with van der Waals surface area (Å²) in [5.74, 6) is 0. The van der Waals surface area contributed by atoms with Gasteiger partial charge in [-0.15, -0.1) is 10.2 Å². The highest BCUT2D eigenvalue weighted by Gasteiger charge is 2.24. The van der Waals surface area contributed by atoms with E-state index in [1.165, 1.54) is 6.21 Å². The van der Waals surface area contributed by atoms with Gasteiger partial charge in [0.15, 0.2) is 5.66 Å². The lowest BCUT2D eigenvalue weighted by Crippen LogP contribution is -2.37. The van der Waals surface area contributed by atoms with Crippen LogP contribution in [0, 0.1) is 0 Å². The van der Waals surface area contributed by atoms with Crippen molar-refractivity contribution in [3.63, 3.8) is 0 Å². The molecule has 0 aromatic rings. The van der Waals surface area contributed by atoms with E-state index >= 15 is 0 Å². The highest BCUT2D eigenvalue weighted by atomic mass is 16.2. The molecule has 0 saturated heterocycles. The van der Waals surface area contributed by atoms with Gasteiger partial charge in [-0.1, -0.05) is 0 Å². The highest BCUT2D eigenvalue weighted by Crippen LogP contribution is 2.13. The van der Waals surface area contributed by atoms with Crippen LogP contribution >= 0.6 is 0 Å². The fourth-order valence-corrected chi connectivity index (χ4v) is 0.737. The Morgan fingerprint density at radius 1 is 1.60 bits per heavy atom. The van der Waals surface area contributed by atoms with Crippen LogP contribution in [0.5, 0.6) is 0 Å². The van der Waals surface area contributed by atoms with E-state index in [1.54, 1.807) is 0 Å². The molecule has 1 aliphatic heterocycles. The van der Waals surface area contributed by atoms with E-state index in [4.69, 9.17) is 10.8 Å². The van der Waals surface area contributed by atoms with Crippen LogP contribution < -0.4 is 5.73 Å². The number of aliphatic hydroxyl groups is 1. The average molecular weight is 142 g/mol. The van der Waals surface area contributed by atoms with Gasteiger partial charge >= 0.3 is 0 Å². The van der Waals surface area contributed by atoms with Crippen LogP contribution in [0.25, 0.3) is 0 Å². The van der Waals surface area contributed by atoms with Crippen molar-refractivity contribution in [3.05, 3.63) is 0 Å². The van der Waals surface area contributed by atoms with Crippen LogP contribution in [0.1, 0.15) is 12.8 Å². The summed E-state index contributed by atoms with van der Waals surface area (Å²) in [7, 11) is 0. The van der Waals surface area contributed by atoms with Crippen LogP contribution in [0.15, 0.2) is 15.4 Å². The number of aliphatic hydroxyl groups excluding tert-OH is 1. The third-order valence-electron chi connectivity index (χ3n) is 1.30. The van der Waals surface area contributed by atoms with Gasteiger partial charge in [-0.25, -0.2) is 0 Å². The van der Waals surface area contributed by atoms with Gasteiger partial charge in [0.1, 0.15) is 0 Å². The molecule has 1 aliphatic rings. The number of rotatable bonds is 3. The molecule has 10 heavy (non-hydrogen) atoms. The van der Waals surface area contributed by atoms with Crippen LogP contribution in [0.3, 0.4) is 0 Å². The van der Waals surface area contributed by atoms with Crippen molar-refractivity contribution in [2.24, 2.45) is 21.2 Å². The predicted octanol–water partition coefficient (Wildman–Crippen LogP) is -0.135. The minimum atomic E-state index is -0.747. The van der Waals surface area contributed by atoms with Crippen LogP contribution in [-0.4, -0.2) is 23.6 Å². The van der Waals surface area contributed by atoms with Gasteiger partial charge < -0.3 is 10.8 Å². The quantitative estimate of drug-likeness (QED) is 0.575. The molecule has 0 amide bonds. The first-order valence-electron chi connectivity index (χ1n) is 3.13. The molecule has 1 atom stereocenters. The summed E-state index contributed by atoms with van der Waals surface area (Å²) in [6.45, 7) is 0.127. The zero-order valence-corrected chi connectivity index (χ0v) is 5.56. The normalized spacial score (nSPS) is 29.8. The van der Waals surface area contributed by atoms with Crippen molar-refractivity contribution in [1.29, 1.82) is 0 Å². The van der Waals surface area contributed by atoms with Gasteiger partial charge in [-0.05, 0) is 18.1 Å². The molecule has 3 N–H and O–H groups in total. The number of hydrogen-bond acceptors (Lipinski definition) is 5. The molecule has 0 fully saturated rings. The summed E-state index contributed by atoms with van der Waals surface area (Å²) in [5, 5.41) is 19.0. The Bertz CT molecular complexity index is 153. The number of nitrogens with two attached hydrogens (primary N) is 1. The van der Waals surface area contributed by atoms with Crippen molar-refractivity contribution < 1.29 is 5.11 Å². The molecular formula is C5H10N4O. The molecule has 5 heteroatoms. The Hall–Kier alpha value is -0.810. The Morgan fingerprint density at radius 3 is 2.90 bits per heavy atom. The van der Waals surface area contributed by atoms with Crippen LogP contribution in [0.2, 0.25) is 0 Å². The first-order chi connectivity index (χ1) is 4.77. The number of nitrogens with zero attached hydrogens (tertiary/aromatic N) is 3. The fraction of sp³-hybridized carbons (Fsp3) is 0.800. The smallest absolute Gasteiger partial charge is 0.169 e. The molecule has 0 bridgehead atoms. The Kier molecular flexibility index (Phi) is 2.08. The molecule has 5 nitrogen and oxygen atoms in total. The van der Waals surface area contributed by atoms with Gasteiger partial charge in [0.25, 0.3) is 0 Å². The van der Waals surface area contributed by atoms with Crippen molar-refractivity contribution in [3.8, 4) is 0 Å². The van der Waals surface area contributed by atoms with Gasteiger partial charge in [0, 0.05) is 6.61 Å². The zero-order chi connectivity index (χ0) is 7.45. The Morgan fingerprint density at radius 2 is 2.40 bits per heavy atom. The molecule has 1 unspecified atom stereocenters. The van der Waals surface area contributed by atoms with Crippen LogP contribution in [-0.2, 0) is 0 Å². The molecule has 0 aromatic heterocycles. The van der Waals surface area contributed by atoms with Gasteiger partial charge in [-0.3, -0.25) is 0 Å². The van der Waals surface area contributed by atoms with E-state index in [0.717, 1.165) is 0 Å². The molecule has 1 rings (SSSR count). The lowest BCUT2D eigenvalue weighted by Gasteiger charge is -2.12. The van der Waals surface area contributed by atoms with E-state index in [1.807, 2.05) is 0 Å². The van der Waals surface area contributed by atoms with Crippen molar-refractivity contribution in [2.75, 3.05) is 6.61 Å². The lowest BCUT2D eigenvalue weighted by molar-refractivity contribution is 0.275. The summed E-state index contributed by atoms with van der Waals surface area (Å²) in [4.78, 5) is 0. The second-order valence-corrected chi connectivity index (χ2v) is 2.25. The molecule has 0 saturated carbocycles. The average Bonchev–Trinajstić information content (AvgIpc) is 2.33. The van der Waals surface area contributed by atoms with E-state index in [9.17, 15) is 0 Å².